The van der Waals surface area contributed by atoms with Gasteiger partial charge in [0.15, 0.2) is 0 Å². The van der Waals surface area contributed by atoms with Gasteiger partial charge in [-0.15, -0.1) is 0 Å². The van der Waals surface area contributed by atoms with Gasteiger partial charge in [0.05, 0.1) is 0 Å². The van der Waals surface area contributed by atoms with Crippen molar-refractivity contribution in [2.45, 2.75) is 32.1 Å². The summed E-state index contributed by atoms with van der Waals surface area (Å²) >= 11 is 5.82. The van der Waals surface area contributed by atoms with E-state index < -0.39 is 11.9 Å². The first-order valence-electron chi connectivity index (χ1n) is 8.11. The van der Waals surface area contributed by atoms with E-state index in [4.69, 9.17) is 22.0 Å². The summed E-state index contributed by atoms with van der Waals surface area (Å²) in [6.45, 7) is 1.01. The summed E-state index contributed by atoms with van der Waals surface area (Å²) in [7, 11) is 0. The Bertz CT molecular complexity index is 636. The van der Waals surface area contributed by atoms with E-state index >= 15 is 0 Å². The first-order valence-corrected chi connectivity index (χ1v) is 8.49. The Morgan fingerprint density at radius 1 is 1.16 bits per heavy atom. The summed E-state index contributed by atoms with van der Waals surface area (Å²) in [5.41, 5.74) is 1.12. The van der Waals surface area contributed by atoms with Crippen molar-refractivity contribution in [3.8, 4) is 6.07 Å². The molecular formula is C18H22ClN3O3. The fraction of sp³-hybridized carbons (Fsp3) is 0.389. The van der Waals surface area contributed by atoms with Crippen molar-refractivity contribution >= 4 is 23.5 Å². The van der Waals surface area contributed by atoms with E-state index in [2.05, 4.69) is 10.6 Å². The summed E-state index contributed by atoms with van der Waals surface area (Å²) in [5, 5.41) is 23.9. The van der Waals surface area contributed by atoms with Gasteiger partial charge >= 0.3 is 5.97 Å². The third-order valence-corrected chi connectivity index (χ3v) is 3.69. The number of hydrogen-bond acceptors (Lipinski definition) is 4. The molecule has 1 amide bonds. The fourth-order valence-electron chi connectivity index (χ4n) is 2.07. The van der Waals surface area contributed by atoms with E-state index in [0.29, 0.717) is 31.0 Å². The average Bonchev–Trinajstić information content (AvgIpc) is 2.59. The standard InChI is InChI=1S/C18H22ClN3O3/c19-16-7-5-14(6-8-16)9-11-21-13-15(12-20)18(25)22-10-3-1-2-4-17(23)24/h5-8,13,21H,1-4,9-11H2,(H,22,25)(H,23,24)/b15-13-. The largest absolute Gasteiger partial charge is 0.481 e. The maximum atomic E-state index is 11.9. The van der Waals surface area contributed by atoms with Crippen molar-refractivity contribution in [1.82, 2.24) is 10.6 Å². The van der Waals surface area contributed by atoms with E-state index in [1.807, 2.05) is 30.3 Å². The van der Waals surface area contributed by atoms with Gasteiger partial charge in [-0.1, -0.05) is 30.2 Å². The van der Waals surface area contributed by atoms with E-state index in [1.165, 1.54) is 6.20 Å². The number of rotatable bonds is 11. The molecule has 0 aromatic heterocycles. The van der Waals surface area contributed by atoms with E-state index in [1.54, 1.807) is 0 Å². The zero-order chi connectivity index (χ0) is 18.5. The summed E-state index contributed by atoms with van der Waals surface area (Å²) in [4.78, 5) is 22.2. The van der Waals surface area contributed by atoms with E-state index in [0.717, 1.165) is 18.4 Å². The number of aliphatic carboxylic acids is 1. The highest BCUT2D eigenvalue weighted by atomic mass is 35.5. The molecule has 0 saturated heterocycles. The Labute approximate surface area is 152 Å². The molecule has 0 spiro atoms. The van der Waals surface area contributed by atoms with Crippen molar-refractivity contribution in [3.05, 3.63) is 46.6 Å². The molecule has 0 fully saturated rings. The molecule has 3 N–H and O–H groups in total. The predicted molar refractivity (Wildman–Crippen MR) is 96.0 cm³/mol. The third kappa shape index (κ3) is 9.38. The van der Waals surface area contributed by atoms with Crippen LogP contribution in [-0.2, 0) is 16.0 Å². The molecule has 0 radical (unpaired) electrons. The number of amides is 1. The van der Waals surface area contributed by atoms with Crippen molar-refractivity contribution in [2.24, 2.45) is 0 Å². The van der Waals surface area contributed by atoms with Crippen molar-refractivity contribution in [3.63, 3.8) is 0 Å². The first-order chi connectivity index (χ1) is 12.0. The lowest BCUT2D eigenvalue weighted by Gasteiger charge is -2.05. The number of unbranched alkanes of at least 4 members (excludes halogenated alkanes) is 2. The third-order valence-electron chi connectivity index (χ3n) is 3.44. The average molecular weight is 364 g/mol. The van der Waals surface area contributed by atoms with Crippen molar-refractivity contribution < 1.29 is 14.7 Å². The van der Waals surface area contributed by atoms with Crippen molar-refractivity contribution in [1.29, 1.82) is 5.26 Å². The fourth-order valence-corrected chi connectivity index (χ4v) is 2.19. The van der Waals surface area contributed by atoms with Crippen molar-refractivity contribution in [2.75, 3.05) is 13.1 Å². The molecular weight excluding hydrogens is 342 g/mol. The molecule has 0 unspecified atom stereocenters. The second-order valence-corrected chi connectivity index (χ2v) is 5.90. The van der Waals surface area contributed by atoms with Crippen LogP contribution in [0, 0.1) is 11.3 Å². The minimum Gasteiger partial charge on any atom is -0.481 e. The van der Waals surface area contributed by atoms with Gasteiger partial charge in [-0.25, -0.2) is 0 Å². The zero-order valence-corrected chi connectivity index (χ0v) is 14.7. The number of nitriles is 1. The lowest BCUT2D eigenvalue weighted by molar-refractivity contribution is -0.137. The van der Waals surface area contributed by atoms with Crippen LogP contribution in [0.1, 0.15) is 31.2 Å². The molecule has 134 valence electrons. The van der Waals surface area contributed by atoms with Gasteiger partial charge in [-0.05, 0) is 37.0 Å². The van der Waals surface area contributed by atoms with E-state index in [9.17, 15) is 9.59 Å². The predicted octanol–water partition coefficient (Wildman–Crippen LogP) is 2.64. The number of nitrogens with zero attached hydrogens (tertiary/aromatic N) is 1. The van der Waals surface area contributed by atoms with Crippen LogP contribution in [0.2, 0.25) is 5.02 Å². The minimum atomic E-state index is -0.816. The molecule has 1 aromatic rings. The summed E-state index contributed by atoms with van der Waals surface area (Å²) in [6, 6.07) is 9.35. The van der Waals surface area contributed by atoms with Crippen LogP contribution in [0.3, 0.4) is 0 Å². The highest BCUT2D eigenvalue weighted by Crippen LogP contribution is 2.09. The lowest BCUT2D eigenvalue weighted by atomic mass is 10.1. The highest BCUT2D eigenvalue weighted by molar-refractivity contribution is 6.30. The van der Waals surface area contributed by atoms with Crippen LogP contribution >= 0.6 is 11.6 Å². The van der Waals surface area contributed by atoms with Crippen LogP contribution < -0.4 is 10.6 Å². The molecule has 6 nitrogen and oxygen atoms in total. The first kappa shape index (κ1) is 20.5. The number of halogens is 1. The highest BCUT2D eigenvalue weighted by Gasteiger charge is 2.07. The number of carboxylic acid groups (broad SMARTS) is 1. The van der Waals surface area contributed by atoms with Gasteiger partial charge < -0.3 is 15.7 Å². The summed E-state index contributed by atoms with van der Waals surface area (Å²) in [6.07, 6.45) is 4.28. The molecule has 0 aliphatic rings. The molecule has 0 heterocycles. The molecule has 0 aliphatic heterocycles. The summed E-state index contributed by atoms with van der Waals surface area (Å²) in [5.74, 6) is -1.25. The second-order valence-electron chi connectivity index (χ2n) is 5.46. The lowest BCUT2D eigenvalue weighted by Crippen LogP contribution is -2.27. The minimum absolute atomic E-state index is 0.0154. The van der Waals surface area contributed by atoms with Crippen LogP contribution in [-0.4, -0.2) is 30.1 Å². The van der Waals surface area contributed by atoms with Gasteiger partial charge in [0.25, 0.3) is 5.91 Å². The number of hydrogen-bond donors (Lipinski definition) is 3. The smallest absolute Gasteiger partial charge is 0.303 e. The van der Waals surface area contributed by atoms with Crippen LogP contribution in [0.15, 0.2) is 36.0 Å². The van der Waals surface area contributed by atoms with E-state index in [-0.39, 0.29) is 12.0 Å². The number of carbonyl (C=O) groups is 2. The second kappa shape index (κ2) is 11.9. The normalized spacial score (nSPS) is 10.8. The SMILES string of the molecule is N#C/C(=C/NCCc1ccc(Cl)cc1)C(=O)NCCCCCC(=O)O. The van der Waals surface area contributed by atoms with Gasteiger partial charge in [0, 0.05) is 30.7 Å². The Morgan fingerprint density at radius 3 is 2.52 bits per heavy atom. The molecule has 1 rings (SSSR count). The van der Waals surface area contributed by atoms with Gasteiger partial charge in [-0.2, -0.15) is 5.26 Å². The quantitative estimate of drug-likeness (QED) is 0.318. The Morgan fingerprint density at radius 2 is 1.88 bits per heavy atom. The molecule has 25 heavy (non-hydrogen) atoms. The number of nitrogens with one attached hydrogen (secondary N) is 2. The molecule has 0 bridgehead atoms. The number of benzene rings is 1. The Balaban J connectivity index is 2.25. The van der Waals surface area contributed by atoms with Gasteiger partial charge in [-0.3, -0.25) is 9.59 Å². The van der Waals surface area contributed by atoms with Gasteiger partial charge in [0.2, 0.25) is 0 Å². The molecule has 0 aliphatic carbocycles. The summed E-state index contributed by atoms with van der Waals surface area (Å²) < 4.78 is 0. The number of carbonyl (C=O) groups excluding carboxylic acids is 1. The molecule has 1 aromatic carbocycles. The maximum Gasteiger partial charge on any atom is 0.303 e. The van der Waals surface area contributed by atoms with Gasteiger partial charge in [0.1, 0.15) is 11.6 Å². The van der Waals surface area contributed by atoms with Crippen LogP contribution in [0.5, 0.6) is 0 Å². The zero-order valence-electron chi connectivity index (χ0n) is 13.9. The maximum absolute atomic E-state index is 11.9. The Kier molecular flexibility index (Phi) is 9.79. The molecule has 0 saturated carbocycles. The Hall–Kier alpha value is -2.52. The topological polar surface area (TPSA) is 102 Å². The molecule has 7 heteroatoms. The number of carboxylic acids is 1. The molecule has 0 atom stereocenters. The van der Waals surface area contributed by atoms with Crippen LogP contribution in [0.4, 0.5) is 0 Å². The monoisotopic (exact) mass is 363 g/mol. The van der Waals surface area contributed by atoms with Crippen LogP contribution in [0.25, 0.3) is 0 Å².